The summed E-state index contributed by atoms with van der Waals surface area (Å²) < 4.78 is 104. The predicted octanol–water partition coefficient (Wildman–Crippen LogP) is 7.01. The zero-order valence-corrected chi connectivity index (χ0v) is 14.6. The maximum absolute atomic E-state index is 14.0. The first-order chi connectivity index (χ1) is 11.7. The Morgan fingerprint density at radius 1 is 0.923 bits per heavy atom. The van der Waals surface area contributed by atoms with Gasteiger partial charge in [0.2, 0.25) is 0 Å². The Morgan fingerprint density at radius 2 is 1.46 bits per heavy atom. The Hall–Kier alpha value is -0.930. The van der Waals surface area contributed by atoms with Gasteiger partial charge in [0.05, 0.1) is 0 Å². The minimum absolute atomic E-state index is 0.269. The van der Waals surface area contributed by atoms with Crippen LogP contribution in [0.25, 0.3) is 0 Å². The van der Waals surface area contributed by atoms with Crippen molar-refractivity contribution in [3.63, 3.8) is 0 Å². The van der Waals surface area contributed by atoms with E-state index in [1.54, 1.807) is 0 Å². The summed E-state index contributed by atoms with van der Waals surface area (Å²) >= 11 is 10.7. The molecule has 0 nitrogen and oxygen atoms in total. The van der Waals surface area contributed by atoms with E-state index < -0.39 is 44.7 Å². The summed E-state index contributed by atoms with van der Waals surface area (Å²) in [5, 5.41) is -5.97. The van der Waals surface area contributed by atoms with Gasteiger partial charge in [-0.15, -0.1) is 11.6 Å². The number of hydrogen-bond acceptors (Lipinski definition) is 1. The molecule has 0 amide bonds. The molecule has 1 aromatic rings. The van der Waals surface area contributed by atoms with Crippen LogP contribution in [0.15, 0.2) is 46.4 Å². The first kappa shape index (κ1) is 21.4. The molecule has 26 heavy (non-hydrogen) atoms. The zero-order valence-electron chi connectivity index (χ0n) is 12.2. The summed E-state index contributed by atoms with van der Waals surface area (Å²) in [6.07, 6.45) is -10.1. The van der Waals surface area contributed by atoms with E-state index in [1.165, 1.54) is 18.2 Å². The van der Waals surface area contributed by atoms with Gasteiger partial charge >= 0.3 is 17.4 Å². The fourth-order valence-corrected chi connectivity index (χ4v) is 3.94. The lowest BCUT2D eigenvalue weighted by atomic mass is 9.91. The molecule has 2 rings (SSSR count). The van der Waals surface area contributed by atoms with Gasteiger partial charge in [-0.25, -0.2) is 8.78 Å². The molecule has 0 N–H and O–H groups in total. The van der Waals surface area contributed by atoms with Crippen molar-refractivity contribution in [2.75, 3.05) is 0 Å². The van der Waals surface area contributed by atoms with Gasteiger partial charge in [0.25, 0.3) is 0 Å². The van der Waals surface area contributed by atoms with Gasteiger partial charge in [0, 0.05) is 21.9 Å². The molecular weight excluding hydrogens is 435 g/mol. The Balaban J connectivity index is 2.51. The number of thioether (sulfide) groups is 1. The van der Waals surface area contributed by atoms with E-state index >= 15 is 0 Å². The number of alkyl halides is 8. The summed E-state index contributed by atoms with van der Waals surface area (Å²) in [7, 11) is 0. The highest BCUT2D eigenvalue weighted by Crippen LogP contribution is 2.57. The third kappa shape index (κ3) is 3.99. The first-order valence-electron chi connectivity index (χ1n) is 6.61. The van der Waals surface area contributed by atoms with E-state index in [1.807, 2.05) is 0 Å². The van der Waals surface area contributed by atoms with Crippen LogP contribution in [0.1, 0.15) is 5.56 Å². The van der Waals surface area contributed by atoms with E-state index in [0.717, 1.165) is 12.5 Å². The van der Waals surface area contributed by atoms with Crippen molar-refractivity contribution < 1.29 is 35.1 Å². The highest BCUT2D eigenvalue weighted by Gasteiger charge is 2.73. The largest absolute Gasteiger partial charge is 0.441 e. The highest BCUT2D eigenvalue weighted by atomic mass is 35.5. The van der Waals surface area contributed by atoms with Crippen LogP contribution in [0, 0.1) is 12.2 Å². The molecule has 1 aliphatic rings. The van der Waals surface area contributed by atoms with Crippen LogP contribution in [0.2, 0.25) is 0 Å². The molecule has 0 spiro atoms. The molecule has 0 bridgehead atoms. The van der Waals surface area contributed by atoms with Crippen LogP contribution in [-0.4, -0.2) is 17.4 Å². The number of hydrogen-bond donors (Lipinski definition) is 0. The second kappa shape index (κ2) is 6.91. The van der Waals surface area contributed by atoms with Gasteiger partial charge in [0.1, 0.15) is 10.7 Å². The highest BCUT2D eigenvalue weighted by molar-refractivity contribution is 8.04. The molecule has 11 heteroatoms. The van der Waals surface area contributed by atoms with Gasteiger partial charge < -0.3 is 0 Å². The summed E-state index contributed by atoms with van der Waals surface area (Å²) in [5.74, 6) is -0.871. The van der Waals surface area contributed by atoms with Gasteiger partial charge in [-0.05, 0) is 18.2 Å². The Bertz CT molecular complexity index is 739. The normalized spacial score (nSPS) is 22.1. The van der Waals surface area contributed by atoms with Gasteiger partial charge in [0.15, 0.2) is 0 Å². The smallest absolute Gasteiger partial charge is 0.211 e. The summed E-state index contributed by atoms with van der Waals surface area (Å²) in [4.78, 5) is -2.84. The molecule has 1 unspecified atom stereocenters. The molecule has 1 radical (unpaired) electrons. The van der Waals surface area contributed by atoms with Crippen LogP contribution in [0.5, 0.6) is 0 Å². The van der Waals surface area contributed by atoms with Crippen molar-refractivity contribution in [1.82, 2.24) is 0 Å². The second-order valence-electron chi connectivity index (χ2n) is 5.16. The van der Waals surface area contributed by atoms with E-state index in [4.69, 9.17) is 23.2 Å². The van der Waals surface area contributed by atoms with Crippen molar-refractivity contribution in [1.29, 1.82) is 0 Å². The summed E-state index contributed by atoms with van der Waals surface area (Å²) in [6.45, 7) is 0. The van der Waals surface area contributed by atoms with Crippen LogP contribution in [0.4, 0.5) is 35.1 Å². The van der Waals surface area contributed by atoms with Crippen molar-refractivity contribution >= 4 is 35.0 Å². The SMILES string of the molecule is Fc1ccccc1C1(Cl)[CH]C(Cl)=CC(SC(F)(C(F)(F)F)C(F)(F)F)=C1. The lowest BCUT2D eigenvalue weighted by molar-refractivity contribution is -0.302. The zero-order chi connectivity index (χ0) is 20.0. The number of benzene rings is 1. The molecule has 0 aliphatic heterocycles. The second-order valence-corrected chi connectivity index (χ2v) is 7.46. The fraction of sp³-hybridized carbons (Fsp3) is 0.267. The third-order valence-corrected chi connectivity index (χ3v) is 5.11. The molecule has 0 heterocycles. The Labute approximate surface area is 156 Å². The molecule has 0 saturated carbocycles. The Morgan fingerprint density at radius 3 is 1.96 bits per heavy atom. The molecular formula is C15H7Cl2F8S. The molecule has 1 aliphatic carbocycles. The maximum Gasteiger partial charge on any atom is 0.441 e. The monoisotopic (exact) mass is 441 g/mol. The molecule has 143 valence electrons. The molecule has 1 atom stereocenters. The summed E-state index contributed by atoms with van der Waals surface area (Å²) in [5.41, 5.74) is -0.269. The van der Waals surface area contributed by atoms with Crippen LogP contribution >= 0.6 is 35.0 Å². The minimum atomic E-state index is -6.26. The molecule has 0 aromatic heterocycles. The number of halogens is 10. The average Bonchev–Trinajstić information content (AvgIpc) is 2.44. The standard InChI is InChI=1S/C15H7Cl2F8S/c16-8-5-9(26-13(19,14(20,21)22)15(23,24)25)7-12(17,6-8)10-3-1-2-4-11(10)18/h1-7H. The lowest BCUT2D eigenvalue weighted by Gasteiger charge is -2.32. The van der Waals surface area contributed by atoms with Crippen LogP contribution in [-0.2, 0) is 4.87 Å². The van der Waals surface area contributed by atoms with E-state index in [-0.39, 0.29) is 10.6 Å². The Kier molecular flexibility index (Phi) is 5.68. The topological polar surface area (TPSA) is 0 Å². The van der Waals surface area contributed by atoms with Crippen molar-refractivity contribution in [3.05, 3.63) is 64.2 Å². The molecule has 0 saturated heterocycles. The minimum Gasteiger partial charge on any atom is -0.211 e. The van der Waals surface area contributed by atoms with E-state index in [2.05, 4.69) is 0 Å². The predicted molar refractivity (Wildman–Crippen MR) is 83.8 cm³/mol. The first-order valence-corrected chi connectivity index (χ1v) is 8.18. The van der Waals surface area contributed by atoms with Gasteiger partial charge in [-0.1, -0.05) is 41.6 Å². The number of allylic oxidation sites excluding steroid dienone is 3. The van der Waals surface area contributed by atoms with Crippen LogP contribution < -0.4 is 0 Å². The van der Waals surface area contributed by atoms with Gasteiger partial charge in [-0.3, -0.25) is 0 Å². The van der Waals surface area contributed by atoms with Crippen LogP contribution in [0.3, 0.4) is 0 Å². The van der Waals surface area contributed by atoms with E-state index in [9.17, 15) is 35.1 Å². The van der Waals surface area contributed by atoms with E-state index in [0.29, 0.717) is 12.2 Å². The molecule has 1 aromatic carbocycles. The average molecular weight is 442 g/mol. The quantitative estimate of drug-likeness (QED) is 0.359. The van der Waals surface area contributed by atoms with Gasteiger partial charge in [-0.2, -0.15) is 26.3 Å². The third-order valence-electron chi connectivity index (χ3n) is 3.25. The summed E-state index contributed by atoms with van der Waals surface area (Å²) in [6, 6.07) is 4.82. The lowest BCUT2D eigenvalue weighted by Crippen LogP contribution is -2.50. The number of rotatable bonds is 3. The maximum atomic E-state index is 14.0. The fourth-order valence-electron chi connectivity index (χ4n) is 2.09. The van der Waals surface area contributed by atoms with Crippen molar-refractivity contribution in [2.24, 2.45) is 0 Å². The van der Waals surface area contributed by atoms with Crippen molar-refractivity contribution in [3.8, 4) is 0 Å². The van der Waals surface area contributed by atoms with Crippen molar-refractivity contribution in [2.45, 2.75) is 22.2 Å². The molecule has 0 fully saturated rings.